The Hall–Kier alpha value is -1.82. The van der Waals surface area contributed by atoms with Crippen molar-refractivity contribution in [3.63, 3.8) is 0 Å². The van der Waals surface area contributed by atoms with Gasteiger partial charge >= 0.3 is 0 Å². The van der Waals surface area contributed by atoms with E-state index in [0.717, 1.165) is 0 Å². The Labute approximate surface area is 140 Å². The first-order valence-electron chi connectivity index (χ1n) is 5.88. The molecule has 0 aliphatic rings. The molecule has 4 nitrogen and oxygen atoms in total. The Morgan fingerprint density at radius 2 is 1.86 bits per heavy atom. The summed E-state index contributed by atoms with van der Waals surface area (Å²) in [5, 5.41) is 2.10. The maximum Gasteiger partial charge on any atom is 0.269 e. The zero-order chi connectivity index (χ0) is 16.1. The number of rotatable bonds is 4. The molecule has 0 fully saturated rings. The van der Waals surface area contributed by atoms with Crippen LogP contribution in [0.25, 0.3) is 0 Å². The maximum atomic E-state index is 13.4. The van der Waals surface area contributed by atoms with Crippen molar-refractivity contribution in [3.8, 4) is 11.6 Å². The fourth-order valence-corrected chi connectivity index (χ4v) is 1.65. The molecule has 1 aromatic carbocycles. The molecule has 0 aliphatic heterocycles. The molecule has 114 valence electrons. The van der Waals surface area contributed by atoms with Crippen LogP contribution in [0.5, 0.6) is 11.6 Å². The average molecular weight is 362 g/mol. The van der Waals surface area contributed by atoms with Crippen LogP contribution in [0, 0.1) is 5.82 Å². The number of nitrogens with zero attached hydrogens (tertiary/aromatic N) is 1. The Morgan fingerprint density at radius 3 is 2.45 bits per heavy atom. The number of carbonyl (C=O) groups is 1. The van der Waals surface area contributed by atoms with Crippen molar-refractivity contribution in [2.75, 3.05) is 5.32 Å². The summed E-state index contributed by atoms with van der Waals surface area (Å²) >= 11 is 16.4. The normalized spacial score (nSPS) is 10.0. The molecular weight excluding hydrogens is 354 g/mol. The van der Waals surface area contributed by atoms with Gasteiger partial charge in [-0.25, -0.2) is 9.37 Å². The van der Waals surface area contributed by atoms with Gasteiger partial charge in [0, 0.05) is 6.07 Å². The lowest BCUT2D eigenvalue weighted by atomic mass is 10.3. The summed E-state index contributed by atoms with van der Waals surface area (Å²) in [5.74, 6) is -0.964. The van der Waals surface area contributed by atoms with E-state index < -0.39 is 11.7 Å². The third-order valence-electron chi connectivity index (χ3n) is 2.41. The van der Waals surface area contributed by atoms with Gasteiger partial charge in [-0.1, -0.05) is 46.9 Å². The molecule has 2 rings (SSSR count). The van der Waals surface area contributed by atoms with Crippen LogP contribution in [0.1, 0.15) is 0 Å². The highest BCUT2D eigenvalue weighted by Crippen LogP contribution is 2.24. The molecule has 0 saturated heterocycles. The van der Waals surface area contributed by atoms with E-state index in [1.807, 2.05) is 0 Å². The average Bonchev–Trinajstić information content (AvgIpc) is 2.50. The Morgan fingerprint density at radius 1 is 1.14 bits per heavy atom. The molecule has 0 radical (unpaired) electrons. The van der Waals surface area contributed by atoms with Crippen LogP contribution in [-0.2, 0) is 4.79 Å². The zero-order valence-electron chi connectivity index (χ0n) is 10.8. The number of amides is 1. The summed E-state index contributed by atoms with van der Waals surface area (Å²) in [6.07, 6.45) is 1.32. The van der Waals surface area contributed by atoms with Crippen LogP contribution >= 0.6 is 34.8 Å². The van der Waals surface area contributed by atoms with E-state index in [1.165, 1.54) is 30.5 Å². The van der Waals surface area contributed by atoms with Gasteiger partial charge in [-0.05, 0) is 18.2 Å². The van der Waals surface area contributed by atoms with Gasteiger partial charge in [0.25, 0.3) is 5.91 Å². The van der Waals surface area contributed by atoms with Crippen LogP contribution < -0.4 is 10.1 Å². The van der Waals surface area contributed by atoms with Crippen LogP contribution in [0.15, 0.2) is 52.1 Å². The minimum Gasteiger partial charge on any atom is -0.436 e. The molecular formula is C14H8Cl3FN2O2. The standard InChI is InChI=1S/C14H8Cl3FN2O2/c15-12(13(16)17)14(21)20-8-5-6-11(19-7-8)22-10-4-2-1-3-9(10)18/h1-7H,(H,20,21). The van der Waals surface area contributed by atoms with Gasteiger partial charge in [0.2, 0.25) is 5.88 Å². The summed E-state index contributed by atoms with van der Waals surface area (Å²) in [6, 6.07) is 8.90. The highest BCUT2D eigenvalue weighted by Gasteiger charge is 2.11. The van der Waals surface area contributed by atoms with E-state index in [2.05, 4.69) is 10.3 Å². The molecule has 0 saturated carbocycles. The van der Waals surface area contributed by atoms with Crippen molar-refractivity contribution < 1.29 is 13.9 Å². The predicted octanol–water partition coefficient (Wildman–Crippen LogP) is 4.84. The topological polar surface area (TPSA) is 51.2 Å². The Balaban J connectivity index is 2.07. The Kier molecular flexibility index (Phi) is 5.60. The number of hydrogen-bond acceptors (Lipinski definition) is 3. The molecule has 2 aromatic rings. The minimum atomic E-state index is -0.675. The van der Waals surface area contributed by atoms with E-state index in [1.54, 1.807) is 12.1 Å². The van der Waals surface area contributed by atoms with E-state index in [-0.39, 0.29) is 21.2 Å². The highest BCUT2D eigenvalue weighted by molar-refractivity contribution is 6.63. The largest absolute Gasteiger partial charge is 0.436 e. The van der Waals surface area contributed by atoms with Gasteiger partial charge in [0.15, 0.2) is 11.6 Å². The highest BCUT2D eigenvalue weighted by atomic mass is 35.5. The lowest BCUT2D eigenvalue weighted by molar-refractivity contribution is -0.112. The number of nitrogens with one attached hydrogen (secondary N) is 1. The number of pyridine rings is 1. The van der Waals surface area contributed by atoms with E-state index in [0.29, 0.717) is 5.69 Å². The number of anilines is 1. The number of ether oxygens (including phenoxy) is 1. The number of carbonyl (C=O) groups excluding carboxylic acids is 1. The van der Waals surface area contributed by atoms with Gasteiger partial charge in [-0.2, -0.15) is 0 Å². The van der Waals surface area contributed by atoms with Crippen molar-refractivity contribution in [2.24, 2.45) is 0 Å². The first-order valence-corrected chi connectivity index (χ1v) is 7.01. The second-order valence-corrected chi connectivity index (χ2v) is 5.27. The summed E-state index contributed by atoms with van der Waals surface area (Å²) in [6.45, 7) is 0. The number of hydrogen-bond donors (Lipinski definition) is 1. The molecule has 0 bridgehead atoms. The summed E-state index contributed by atoms with van der Waals surface area (Å²) in [4.78, 5) is 15.5. The van der Waals surface area contributed by atoms with Crippen molar-refractivity contribution in [2.45, 2.75) is 0 Å². The number of halogens is 4. The van der Waals surface area contributed by atoms with E-state index in [9.17, 15) is 9.18 Å². The molecule has 0 aliphatic carbocycles. The lowest BCUT2D eigenvalue weighted by Crippen LogP contribution is -2.12. The second-order valence-electron chi connectivity index (χ2n) is 3.95. The van der Waals surface area contributed by atoms with Crippen molar-refractivity contribution in [3.05, 3.63) is 57.9 Å². The smallest absolute Gasteiger partial charge is 0.269 e. The van der Waals surface area contributed by atoms with Crippen molar-refractivity contribution in [1.29, 1.82) is 0 Å². The van der Waals surface area contributed by atoms with Crippen LogP contribution in [0.3, 0.4) is 0 Å². The molecule has 0 spiro atoms. The lowest BCUT2D eigenvalue weighted by Gasteiger charge is -2.07. The van der Waals surface area contributed by atoms with Crippen molar-refractivity contribution >= 4 is 46.4 Å². The van der Waals surface area contributed by atoms with Gasteiger partial charge < -0.3 is 10.1 Å². The first kappa shape index (κ1) is 16.5. The second kappa shape index (κ2) is 7.45. The molecule has 8 heteroatoms. The number of aromatic nitrogens is 1. The van der Waals surface area contributed by atoms with E-state index >= 15 is 0 Å². The SMILES string of the molecule is O=C(Nc1ccc(Oc2ccccc2F)nc1)C(Cl)=C(Cl)Cl. The molecule has 22 heavy (non-hydrogen) atoms. The summed E-state index contributed by atoms with van der Waals surface area (Å²) in [5.41, 5.74) is 0.346. The van der Waals surface area contributed by atoms with Gasteiger partial charge in [0.1, 0.15) is 9.52 Å². The van der Waals surface area contributed by atoms with Crippen molar-refractivity contribution in [1.82, 2.24) is 4.98 Å². The quantitative estimate of drug-likeness (QED) is 0.793. The number of para-hydroxylation sites is 1. The van der Waals surface area contributed by atoms with Crippen LogP contribution in [0.2, 0.25) is 0 Å². The Bertz CT molecular complexity index is 716. The fraction of sp³-hybridized carbons (Fsp3) is 0. The third-order valence-corrected chi connectivity index (χ3v) is 3.34. The summed E-state index contributed by atoms with van der Waals surface area (Å²) in [7, 11) is 0. The third kappa shape index (κ3) is 4.34. The van der Waals surface area contributed by atoms with Gasteiger partial charge in [-0.15, -0.1) is 0 Å². The zero-order valence-corrected chi connectivity index (χ0v) is 13.1. The monoisotopic (exact) mass is 360 g/mol. The first-order chi connectivity index (χ1) is 10.5. The van der Waals surface area contributed by atoms with Gasteiger partial charge in [0.05, 0.1) is 11.9 Å². The van der Waals surface area contributed by atoms with Crippen LogP contribution in [0.4, 0.5) is 10.1 Å². The molecule has 1 aromatic heterocycles. The van der Waals surface area contributed by atoms with E-state index in [4.69, 9.17) is 39.5 Å². The molecule has 0 atom stereocenters. The maximum absolute atomic E-state index is 13.4. The minimum absolute atomic E-state index is 0.0479. The predicted molar refractivity (Wildman–Crippen MR) is 83.9 cm³/mol. The molecule has 0 unspecified atom stereocenters. The molecule has 1 amide bonds. The van der Waals surface area contributed by atoms with Crippen LogP contribution in [-0.4, -0.2) is 10.9 Å². The molecule has 1 N–H and O–H groups in total. The fourth-order valence-electron chi connectivity index (χ4n) is 1.43. The van der Waals surface area contributed by atoms with Gasteiger partial charge in [-0.3, -0.25) is 4.79 Å². The number of benzene rings is 1. The summed E-state index contributed by atoms with van der Waals surface area (Å²) < 4.78 is 18.4. The molecule has 1 heterocycles.